The summed E-state index contributed by atoms with van der Waals surface area (Å²) >= 11 is 0. The van der Waals surface area contributed by atoms with Crippen molar-refractivity contribution in [1.29, 1.82) is 0 Å². The van der Waals surface area contributed by atoms with Crippen molar-refractivity contribution in [2.45, 2.75) is 19.3 Å². The van der Waals surface area contributed by atoms with E-state index in [0.29, 0.717) is 0 Å². The molecule has 0 amide bonds. The van der Waals surface area contributed by atoms with Gasteiger partial charge >= 0.3 is 0 Å². The first kappa shape index (κ1) is 39.0. The van der Waals surface area contributed by atoms with E-state index in [9.17, 15) is 0 Å². The molecule has 0 aliphatic heterocycles. The number of anilines is 3. The van der Waals surface area contributed by atoms with E-state index in [4.69, 9.17) is 0 Å². The number of hydrogen-bond acceptors (Lipinski definition) is 1. The molecule has 12 aromatic rings. The molecule has 67 heavy (non-hydrogen) atoms. The molecule has 1 aliphatic rings. The van der Waals surface area contributed by atoms with Gasteiger partial charge in [-0.15, -0.1) is 0 Å². The third kappa shape index (κ3) is 6.32. The van der Waals surface area contributed by atoms with Gasteiger partial charge < -0.3 is 9.47 Å². The van der Waals surface area contributed by atoms with Gasteiger partial charge in [-0.25, -0.2) is 0 Å². The number of nitrogens with zero attached hydrogens (tertiary/aromatic N) is 2. The van der Waals surface area contributed by atoms with Crippen molar-refractivity contribution in [2.75, 3.05) is 4.90 Å². The fourth-order valence-electron chi connectivity index (χ4n) is 11.0. The normalized spacial score (nSPS) is 12.7. The molecule has 316 valence electrons. The Morgan fingerprint density at radius 2 is 0.776 bits per heavy atom. The van der Waals surface area contributed by atoms with E-state index >= 15 is 0 Å². The van der Waals surface area contributed by atoms with E-state index in [1.54, 1.807) is 0 Å². The molecule has 0 bridgehead atoms. The lowest BCUT2D eigenvalue weighted by Crippen LogP contribution is -2.16. The van der Waals surface area contributed by atoms with Gasteiger partial charge in [0.1, 0.15) is 0 Å². The predicted molar refractivity (Wildman–Crippen MR) is 284 cm³/mol. The Morgan fingerprint density at radius 1 is 0.313 bits per heavy atom. The Kier molecular flexibility index (Phi) is 8.91. The lowest BCUT2D eigenvalue weighted by Gasteiger charge is -2.28. The number of para-hydroxylation sites is 2. The molecule has 0 radical (unpaired) electrons. The van der Waals surface area contributed by atoms with Gasteiger partial charge in [0, 0.05) is 38.9 Å². The Bertz CT molecular complexity index is 3740. The Hall–Kier alpha value is -8.46. The number of hydrogen-bond donors (Lipinski definition) is 0. The molecule has 1 aromatic heterocycles. The zero-order valence-electron chi connectivity index (χ0n) is 37.5. The number of fused-ring (bicyclic) bond motifs is 8. The first-order valence-electron chi connectivity index (χ1n) is 23.3. The third-order valence-electron chi connectivity index (χ3n) is 14.4. The van der Waals surface area contributed by atoms with Crippen LogP contribution in [0.3, 0.4) is 0 Å². The topological polar surface area (TPSA) is 8.17 Å². The zero-order valence-corrected chi connectivity index (χ0v) is 37.5. The third-order valence-corrected chi connectivity index (χ3v) is 14.4. The van der Waals surface area contributed by atoms with Gasteiger partial charge in [-0.05, 0) is 150 Å². The molecule has 2 heteroatoms. The predicted octanol–water partition coefficient (Wildman–Crippen LogP) is 17.9. The molecule has 0 N–H and O–H groups in total. The number of benzene rings is 11. The summed E-state index contributed by atoms with van der Waals surface area (Å²) in [5.41, 5.74) is 19.4. The van der Waals surface area contributed by atoms with Crippen LogP contribution >= 0.6 is 0 Å². The van der Waals surface area contributed by atoms with Gasteiger partial charge in [0.2, 0.25) is 0 Å². The van der Waals surface area contributed by atoms with Crippen molar-refractivity contribution in [3.05, 3.63) is 254 Å². The lowest BCUT2D eigenvalue weighted by molar-refractivity contribution is 0.660. The van der Waals surface area contributed by atoms with E-state index in [-0.39, 0.29) is 5.41 Å². The van der Waals surface area contributed by atoms with Crippen molar-refractivity contribution >= 4 is 60.4 Å². The van der Waals surface area contributed by atoms with Crippen LogP contribution < -0.4 is 4.90 Å². The second-order valence-electron chi connectivity index (χ2n) is 18.5. The van der Waals surface area contributed by atoms with Crippen LogP contribution in [0.5, 0.6) is 0 Å². The van der Waals surface area contributed by atoms with Crippen molar-refractivity contribution in [3.63, 3.8) is 0 Å². The molecule has 1 heterocycles. The van der Waals surface area contributed by atoms with E-state index in [1.807, 2.05) is 0 Å². The van der Waals surface area contributed by atoms with Crippen LogP contribution in [-0.2, 0) is 5.41 Å². The summed E-state index contributed by atoms with van der Waals surface area (Å²) in [7, 11) is 0. The largest absolute Gasteiger partial charge is 0.310 e. The maximum atomic E-state index is 2.45. The highest BCUT2D eigenvalue weighted by Gasteiger charge is 2.36. The molecule has 0 fully saturated rings. The highest BCUT2D eigenvalue weighted by Crippen LogP contribution is 2.52. The Labute approximate surface area is 391 Å². The van der Waals surface area contributed by atoms with Gasteiger partial charge in [0.25, 0.3) is 0 Å². The van der Waals surface area contributed by atoms with Gasteiger partial charge in [0.15, 0.2) is 0 Å². The number of rotatable bonds is 7. The smallest absolute Gasteiger partial charge is 0.0541 e. The molecule has 0 saturated heterocycles. The summed E-state index contributed by atoms with van der Waals surface area (Å²) in [6.07, 6.45) is 0. The Balaban J connectivity index is 0.896. The second-order valence-corrected chi connectivity index (χ2v) is 18.5. The zero-order chi connectivity index (χ0) is 44.6. The molecule has 13 rings (SSSR count). The second kappa shape index (κ2) is 15.3. The first-order chi connectivity index (χ1) is 33.0. The highest BCUT2D eigenvalue weighted by atomic mass is 15.1. The van der Waals surface area contributed by atoms with Crippen LogP contribution in [0.25, 0.3) is 93.5 Å². The maximum absolute atomic E-state index is 2.45. The van der Waals surface area contributed by atoms with Crippen LogP contribution in [0.1, 0.15) is 25.0 Å². The number of aromatic nitrogens is 1. The van der Waals surface area contributed by atoms with E-state index in [1.165, 1.54) is 105 Å². The average Bonchev–Trinajstić information content (AvgIpc) is 3.84. The van der Waals surface area contributed by atoms with Gasteiger partial charge in [-0.3, -0.25) is 0 Å². The van der Waals surface area contributed by atoms with E-state index in [0.717, 1.165) is 17.1 Å². The van der Waals surface area contributed by atoms with E-state index < -0.39 is 0 Å². The van der Waals surface area contributed by atoms with Crippen LogP contribution in [0.15, 0.2) is 243 Å². The lowest BCUT2D eigenvalue weighted by atomic mass is 9.81. The standard InChI is InChI=1S/C65H46N2/c1-65(2)61-41-48(47-31-39-64-60(40-47)59-22-10-11-25-63(59)67(64)49-18-4-3-5-19-49)30-37-57(61)58-38-36-52(42-62(58)65)66(50-32-26-45(27-33-50)55-23-12-16-43-14-6-8-20-53(43)55)51-34-28-46(29-35-51)56-24-13-17-44-15-7-9-21-54(44)56/h3-42H,1-2H3. The SMILES string of the molecule is CC1(C)c2cc(-c3ccc4c(c3)c3ccccc3n4-c3ccccc3)ccc2-c2ccc(N(c3ccc(-c4cccc5ccccc45)cc3)c3ccc(-c4cccc5ccccc45)cc3)cc21. The molecule has 2 nitrogen and oxygen atoms in total. The maximum Gasteiger partial charge on any atom is 0.0541 e. The van der Waals surface area contributed by atoms with E-state index in [2.05, 4.69) is 266 Å². The molecule has 11 aromatic carbocycles. The molecule has 0 unspecified atom stereocenters. The monoisotopic (exact) mass is 854 g/mol. The Morgan fingerprint density at radius 3 is 1.42 bits per heavy atom. The molecule has 0 spiro atoms. The molecular formula is C65H46N2. The highest BCUT2D eigenvalue weighted by molar-refractivity contribution is 6.10. The van der Waals surface area contributed by atoms with Crippen LogP contribution in [-0.4, -0.2) is 4.57 Å². The van der Waals surface area contributed by atoms with Crippen molar-refractivity contribution in [3.8, 4) is 50.2 Å². The van der Waals surface area contributed by atoms with Gasteiger partial charge in [0.05, 0.1) is 11.0 Å². The van der Waals surface area contributed by atoms with Crippen LogP contribution in [0.4, 0.5) is 17.1 Å². The molecule has 1 aliphatic carbocycles. The van der Waals surface area contributed by atoms with Gasteiger partial charge in [-0.2, -0.15) is 0 Å². The average molecular weight is 855 g/mol. The fraction of sp³-hybridized carbons (Fsp3) is 0.0462. The summed E-state index contributed by atoms with van der Waals surface area (Å²) in [5.74, 6) is 0. The minimum Gasteiger partial charge on any atom is -0.310 e. The van der Waals surface area contributed by atoms with Crippen LogP contribution in [0, 0.1) is 0 Å². The van der Waals surface area contributed by atoms with Crippen molar-refractivity contribution in [1.82, 2.24) is 4.57 Å². The molecule has 0 saturated carbocycles. The molecular weight excluding hydrogens is 809 g/mol. The quantitative estimate of drug-likeness (QED) is 0.155. The summed E-state index contributed by atoms with van der Waals surface area (Å²) in [4.78, 5) is 2.42. The summed E-state index contributed by atoms with van der Waals surface area (Å²) < 4.78 is 2.39. The fourth-order valence-corrected chi connectivity index (χ4v) is 11.0. The molecule has 0 atom stereocenters. The van der Waals surface area contributed by atoms with Crippen molar-refractivity contribution in [2.24, 2.45) is 0 Å². The summed E-state index contributed by atoms with van der Waals surface area (Å²) in [6, 6.07) is 89.4. The summed E-state index contributed by atoms with van der Waals surface area (Å²) in [6.45, 7) is 4.79. The summed E-state index contributed by atoms with van der Waals surface area (Å²) in [5, 5.41) is 7.55. The first-order valence-corrected chi connectivity index (χ1v) is 23.3. The van der Waals surface area contributed by atoms with Gasteiger partial charge in [-0.1, -0.05) is 184 Å². The van der Waals surface area contributed by atoms with Crippen molar-refractivity contribution < 1.29 is 0 Å². The minimum absolute atomic E-state index is 0.230. The minimum atomic E-state index is -0.230. The van der Waals surface area contributed by atoms with Crippen LogP contribution in [0.2, 0.25) is 0 Å².